The molecule has 0 unspecified atom stereocenters. The van der Waals surface area contributed by atoms with Crippen molar-refractivity contribution in [2.45, 2.75) is 6.54 Å². The number of methoxy groups -OCH3 is 3. The Hall–Kier alpha value is -1.83. The lowest BCUT2D eigenvalue weighted by atomic mass is 10.1. The zero-order chi connectivity index (χ0) is 16.1. The molecule has 2 rings (SSSR count). The quantitative estimate of drug-likeness (QED) is 0.790. The summed E-state index contributed by atoms with van der Waals surface area (Å²) in [6, 6.07) is 3.74. The fourth-order valence-corrected chi connectivity index (χ4v) is 2.83. The summed E-state index contributed by atoms with van der Waals surface area (Å²) in [6.07, 6.45) is 1.85. The number of ether oxygens (including phenoxy) is 3. The Morgan fingerprint density at radius 1 is 1.05 bits per heavy atom. The number of hydrazine groups is 1. The lowest BCUT2D eigenvalue weighted by molar-refractivity contribution is 0.286. The lowest BCUT2D eigenvalue weighted by Crippen LogP contribution is -2.29. The van der Waals surface area contributed by atoms with Crippen LogP contribution in [0.4, 0.5) is 0 Å². The highest BCUT2D eigenvalue weighted by Gasteiger charge is 2.15. The van der Waals surface area contributed by atoms with E-state index in [0.29, 0.717) is 18.0 Å². The Labute approximate surface area is 134 Å². The second-order valence-corrected chi connectivity index (χ2v) is 5.87. The van der Waals surface area contributed by atoms with Crippen molar-refractivity contribution in [1.82, 2.24) is 15.4 Å². The van der Waals surface area contributed by atoms with Gasteiger partial charge in [0.15, 0.2) is 11.5 Å². The van der Waals surface area contributed by atoms with E-state index < -0.39 is 0 Å². The van der Waals surface area contributed by atoms with Crippen LogP contribution in [-0.4, -0.2) is 45.4 Å². The zero-order valence-electron chi connectivity index (χ0n) is 13.5. The van der Waals surface area contributed by atoms with E-state index in [1.807, 2.05) is 37.4 Å². The Balaban J connectivity index is 2.35. The summed E-state index contributed by atoms with van der Waals surface area (Å²) in [5.41, 5.74) is 4.14. The fourth-order valence-electron chi connectivity index (χ4n) is 1.96. The second kappa shape index (κ2) is 7.44. The molecular formula is C15H21N3O3S. The van der Waals surface area contributed by atoms with Crippen LogP contribution in [0.1, 0.15) is 5.01 Å². The maximum absolute atomic E-state index is 5.47. The SMILES string of the molecule is COc1cc(OC)c(-c2cnc(CNN(C)C)s2)cc1OC. The van der Waals surface area contributed by atoms with E-state index in [1.165, 1.54) is 0 Å². The molecule has 1 N–H and O–H groups in total. The van der Waals surface area contributed by atoms with Crippen LogP contribution in [0.5, 0.6) is 17.2 Å². The Morgan fingerprint density at radius 3 is 2.27 bits per heavy atom. The van der Waals surface area contributed by atoms with Gasteiger partial charge in [-0.05, 0) is 6.07 Å². The molecule has 1 heterocycles. The molecule has 2 aromatic rings. The molecule has 0 radical (unpaired) electrons. The molecule has 0 aliphatic heterocycles. The molecule has 0 bridgehead atoms. The standard InChI is InChI=1S/C15H21N3O3S/c1-18(2)17-9-15-16-8-14(22-15)10-6-12(20-4)13(21-5)7-11(10)19-3/h6-8,17H,9H2,1-5H3. The van der Waals surface area contributed by atoms with Crippen LogP contribution in [0.15, 0.2) is 18.3 Å². The highest BCUT2D eigenvalue weighted by Crippen LogP contribution is 2.41. The van der Waals surface area contributed by atoms with E-state index in [2.05, 4.69) is 10.4 Å². The minimum atomic E-state index is 0.641. The first kappa shape index (κ1) is 16.5. The van der Waals surface area contributed by atoms with Gasteiger partial charge in [0.05, 0.1) is 32.8 Å². The molecule has 120 valence electrons. The molecule has 22 heavy (non-hydrogen) atoms. The summed E-state index contributed by atoms with van der Waals surface area (Å²) in [5.74, 6) is 2.04. The molecule has 0 atom stereocenters. The number of nitrogens with one attached hydrogen (secondary N) is 1. The number of hydrogen-bond acceptors (Lipinski definition) is 7. The summed E-state index contributed by atoms with van der Waals surface area (Å²) in [5, 5.41) is 2.90. The van der Waals surface area contributed by atoms with Gasteiger partial charge in [0.2, 0.25) is 0 Å². The van der Waals surface area contributed by atoms with Gasteiger partial charge in [-0.15, -0.1) is 11.3 Å². The molecule has 0 aliphatic rings. The molecule has 0 saturated carbocycles. The van der Waals surface area contributed by atoms with Crippen molar-refractivity contribution < 1.29 is 14.2 Å². The summed E-state index contributed by atoms with van der Waals surface area (Å²) < 4.78 is 16.1. The van der Waals surface area contributed by atoms with Crippen molar-refractivity contribution in [2.75, 3.05) is 35.4 Å². The lowest BCUT2D eigenvalue weighted by Gasteiger charge is -2.13. The van der Waals surface area contributed by atoms with E-state index in [-0.39, 0.29) is 0 Å². The number of rotatable bonds is 7. The Morgan fingerprint density at radius 2 is 1.68 bits per heavy atom. The monoisotopic (exact) mass is 323 g/mol. The van der Waals surface area contributed by atoms with Crippen molar-refractivity contribution in [3.63, 3.8) is 0 Å². The van der Waals surface area contributed by atoms with Crippen LogP contribution < -0.4 is 19.6 Å². The van der Waals surface area contributed by atoms with Crippen molar-refractivity contribution in [3.8, 4) is 27.7 Å². The highest BCUT2D eigenvalue weighted by molar-refractivity contribution is 7.15. The third-order valence-electron chi connectivity index (χ3n) is 3.07. The van der Waals surface area contributed by atoms with Crippen molar-refractivity contribution in [3.05, 3.63) is 23.3 Å². The zero-order valence-corrected chi connectivity index (χ0v) is 14.3. The summed E-state index contributed by atoms with van der Waals surface area (Å²) in [4.78, 5) is 5.46. The van der Waals surface area contributed by atoms with E-state index >= 15 is 0 Å². The topological polar surface area (TPSA) is 55.9 Å². The van der Waals surface area contributed by atoms with Gasteiger partial charge in [0, 0.05) is 31.9 Å². The van der Waals surface area contributed by atoms with Gasteiger partial charge in [-0.1, -0.05) is 0 Å². The summed E-state index contributed by atoms with van der Waals surface area (Å²) in [7, 11) is 8.76. The van der Waals surface area contributed by atoms with Crippen LogP contribution in [0.25, 0.3) is 10.4 Å². The van der Waals surface area contributed by atoms with E-state index in [4.69, 9.17) is 14.2 Å². The van der Waals surface area contributed by atoms with Gasteiger partial charge in [-0.3, -0.25) is 5.01 Å². The minimum Gasteiger partial charge on any atom is -0.496 e. The van der Waals surface area contributed by atoms with Gasteiger partial charge in [0.1, 0.15) is 10.8 Å². The van der Waals surface area contributed by atoms with Crippen LogP contribution in [0, 0.1) is 0 Å². The Kier molecular flexibility index (Phi) is 5.59. The maximum Gasteiger partial charge on any atom is 0.164 e. The first-order chi connectivity index (χ1) is 10.6. The molecule has 0 saturated heterocycles. The molecule has 0 fully saturated rings. The number of hydrogen-bond donors (Lipinski definition) is 1. The van der Waals surface area contributed by atoms with Crippen molar-refractivity contribution in [1.29, 1.82) is 0 Å². The summed E-state index contributed by atoms with van der Waals surface area (Å²) >= 11 is 1.61. The minimum absolute atomic E-state index is 0.641. The first-order valence-corrected chi connectivity index (χ1v) is 7.56. The second-order valence-electron chi connectivity index (χ2n) is 4.76. The smallest absolute Gasteiger partial charge is 0.164 e. The van der Waals surface area contributed by atoms with Gasteiger partial charge in [-0.2, -0.15) is 0 Å². The third kappa shape index (κ3) is 3.68. The average molecular weight is 323 g/mol. The normalized spacial score (nSPS) is 10.8. The number of thiazole rings is 1. The molecule has 7 heteroatoms. The molecule has 0 aliphatic carbocycles. The van der Waals surface area contributed by atoms with Crippen LogP contribution in [-0.2, 0) is 6.54 Å². The van der Waals surface area contributed by atoms with Crippen LogP contribution >= 0.6 is 11.3 Å². The predicted octanol–water partition coefficient (Wildman–Crippen LogP) is 2.40. The van der Waals surface area contributed by atoms with Gasteiger partial charge in [0.25, 0.3) is 0 Å². The predicted molar refractivity (Wildman–Crippen MR) is 87.7 cm³/mol. The van der Waals surface area contributed by atoms with Crippen LogP contribution in [0.3, 0.4) is 0 Å². The Bertz CT molecular complexity index is 628. The van der Waals surface area contributed by atoms with E-state index in [0.717, 1.165) is 21.2 Å². The first-order valence-electron chi connectivity index (χ1n) is 6.75. The van der Waals surface area contributed by atoms with Crippen LogP contribution in [0.2, 0.25) is 0 Å². The number of benzene rings is 1. The van der Waals surface area contributed by atoms with Crippen molar-refractivity contribution in [2.24, 2.45) is 0 Å². The number of aromatic nitrogens is 1. The van der Waals surface area contributed by atoms with E-state index in [1.54, 1.807) is 32.7 Å². The highest BCUT2D eigenvalue weighted by atomic mass is 32.1. The molecule has 1 aromatic heterocycles. The molecule has 0 amide bonds. The van der Waals surface area contributed by atoms with Crippen molar-refractivity contribution >= 4 is 11.3 Å². The largest absolute Gasteiger partial charge is 0.496 e. The van der Waals surface area contributed by atoms with E-state index in [9.17, 15) is 0 Å². The van der Waals surface area contributed by atoms with Gasteiger partial charge < -0.3 is 14.2 Å². The maximum atomic E-state index is 5.47. The molecule has 1 aromatic carbocycles. The molecule has 0 spiro atoms. The third-order valence-corrected chi connectivity index (χ3v) is 4.10. The summed E-state index contributed by atoms with van der Waals surface area (Å²) in [6.45, 7) is 0.688. The average Bonchev–Trinajstić information content (AvgIpc) is 3.00. The fraction of sp³-hybridized carbons (Fsp3) is 0.400. The number of nitrogens with zero attached hydrogens (tertiary/aromatic N) is 2. The van der Waals surface area contributed by atoms with Gasteiger partial charge >= 0.3 is 0 Å². The molecule has 6 nitrogen and oxygen atoms in total. The van der Waals surface area contributed by atoms with Gasteiger partial charge in [-0.25, -0.2) is 10.4 Å². The molecular weight excluding hydrogens is 302 g/mol.